The first kappa shape index (κ1) is 14.0. The molecular formula is C14H17ClFN3. The zero-order chi connectivity index (χ0) is 13.8. The average Bonchev–Trinajstić information content (AvgIpc) is 2.86. The highest BCUT2D eigenvalue weighted by Crippen LogP contribution is 2.23. The Balaban J connectivity index is 2.24. The number of nitrogens with one attached hydrogen (secondary N) is 1. The van der Waals surface area contributed by atoms with E-state index in [4.69, 9.17) is 11.6 Å². The minimum Gasteiger partial charge on any atom is -0.334 e. The van der Waals surface area contributed by atoms with Crippen LogP contribution in [0.25, 0.3) is 0 Å². The van der Waals surface area contributed by atoms with Crippen LogP contribution >= 0.6 is 11.6 Å². The van der Waals surface area contributed by atoms with Gasteiger partial charge in [0.2, 0.25) is 0 Å². The van der Waals surface area contributed by atoms with Crippen molar-refractivity contribution < 1.29 is 4.39 Å². The maximum Gasteiger partial charge on any atom is 0.126 e. The van der Waals surface area contributed by atoms with Gasteiger partial charge in [-0.15, -0.1) is 0 Å². The highest BCUT2D eigenvalue weighted by atomic mass is 35.5. The number of likely N-dealkylation sites (N-methyl/N-ethyl adjacent to an activating group) is 1. The van der Waals surface area contributed by atoms with E-state index in [-0.39, 0.29) is 11.9 Å². The van der Waals surface area contributed by atoms with Gasteiger partial charge in [-0.2, -0.15) is 0 Å². The van der Waals surface area contributed by atoms with Crippen LogP contribution in [0.5, 0.6) is 0 Å². The van der Waals surface area contributed by atoms with Crippen molar-refractivity contribution in [2.45, 2.75) is 25.9 Å². The van der Waals surface area contributed by atoms with Crippen molar-refractivity contribution in [1.82, 2.24) is 14.9 Å². The molecule has 1 heterocycles. The van der Waals surface area contributed by atoms with E-state index in [1.54, 1.807) is 12.3 Å². The number of aromatic nitrogens is 2. The van der Waals surface area contributed by atoms with E-state index >= 15 is 0 Å². The van der Waals surface area contributed by atoms with Gasteiger partial charge < -0.3 is 9.88 Å². The zero-order valence-corrected chi connectivity index (χ0v) is 11.8. The molecule has 3 nitrogen and oxygen atoms in total. The Morgan fingerprint density at radius 3 is 2.89 bits per heavy atom. The quantitative estimate of drug-likeness (QED) is 0.912. The second-order valence-electron chi connectivity index (χ2n) is 4.35. The van der Waals surface area contributed by atoms with Crippen LogP contribution in [-0.4, -0.2) is 16.6 Å². The molecule has 1 aromatic heterocycles. The number of hydrogen-bond donors (Lipinski definition) is 1. The summed E-state index contributed by atoms with van der Waals surface area (Å²) in [6.45, 7) is 2.94. The molecule has 102 valence electrons. The number of aryl methyl sites for hydroxylation is 1. The molecule has 0 amide bonds. The summed E-state index contributed by atoms with van der Waals surface area (Å²) < 4.78 is 15.1. The predicted molar refractivity (Wildman–Crippen MR) is 74.8 cm³/mol. The van der Waals surface area contributed by atoms with Crippen molar-refractivity contribution in [3.8, 4) is 0 Å². The van der Waals surface area contributed by atoms with Gasteiger partial charge in [0.05, 0.1) is 6.04 Å². The van der Waals surface area contributed by atoms with Crippen LogP contribution in [-0.2, 0) is 13.0 Å². The van der Waals surface area contributed by atoms with Crippen molar-refractivity contribution in [1.29, 1.82) is 0 Å². The standard InChI is InChI=1S/C14H17ClFN3/c1-3-19-7-6-18-14(19)13(17-2)8-10-4-5-11(16)9-12(10)15/h4-7,9,13,17H,3,8H2,1-2H3. The summed E-state index contributed by atoms with van der Waals surface area (Å²) in [5.41, 5.74) is 0.910. The fourth-order valence-electron chi connectivity index (χ4n) is 2.13. The van der Waals surface area contributed by atoms with Crippen LogP contribution in [0.4, 0.5) is 4.39 Å². The number of nitrogens with zero attached hydrogens (tertiary/aromatic N) is 2. The SMILES string of the molecule is CCn1ccnc1C(Cc1ccc(F)cc1Cl)NC. The van der Waals surface area contributed by atoms with Crippen LogP contribution in [0.2, 0.25) is 5.02 Å². The number of imidazole rings is 1. The third-order valence-electron chi connectivity index (χ3n) is 3.19. The van der Waals surface area contributed by atoms with Gasteiger partial charge in [-0.3, -0.25) is 0 Å². The number of benzene rings is 1. The van der Waals surface area contributed by atoms with E-state index in [9.17, 15) is 4.39 Å². The second-order valence-corrected chi connectivity index (χ2v) is 4.76. The maximum absolute atomic E-state index is 13.0. The van der Waals surface area contributed by atoms with Crippen LogP contribution in [0, 0.1) is 5.82 Å². The molecule has 19 heavy (non-hydrogen) atoms. The summed E-state index contributed by atoms with van der Waals surface area (Å²) in [5, 5.41) is 3.69. The van der Waals surface area contributed by atoms with Crippen molar-refractivity contribution in [2.75, 3.05) is 7.05 Å². The maximum atomic E-state index is 13.0. The topological polar surface area (TPSA) is 29.9 Å². The summed E-state index contributed by atoms with van der Waals surface area (Å²) in [7, 11) is 1.89. The Kier molecular flexibility index (Phi) is 4.56. The molecule has 0 spiro atoms. The summed E-state index contributed by atoms with van der Waals surface area (Å²) in [6.07, 6.45) is 4.41. The average molecular weight is 282 g/mol. The minimum atomic E-state index is -0.315. The van der Waals surface area contributed by atoms with E-state index in [0.717, 1.165) is 17.9 Å². The smallest absolute Gasteiger partial charge is 0.126 e. The molecule has 0 bridgehead atoms. The lowest BCUT2D eigenvalue weighted by Crippen LogP contribution is -2.23. The van der Waals surface area contributed by atoms with Gasteiger partial charge in [-0.05, 0) is 38.1 Å². The van der Waals surface area contributed by atoms with Crippen molar-refractivity contribution in [3.63, 3.8) is 0 Å². The van der Waals surface area contributed by atoms with E-state index < -0.39 is 0 Å². The van der Waals surface area contributed by atoms with Crippen LogP contribution in [0.15, 0.2) is 30.6 Å². The lowest BCUT2D eigenvalue weighted by atomic mass is 10.1. The summed E-state index contributed by atoms with van der Waals surface area (Å²) in [6, 6.07) is 4.55. The minimum absolute atomic E-state index is 0.0536. The Labute approximate surface area is 117 Å². The van der Waals surface area contributed by atoms with Gasteiger partial charge in [-0.25, -0.2) is 9.37 Å². The summed E-state index contributed by atoms with van der Waals surface area (Å²) in [4.78, 5) is 4.38. The van der Waals surface area contributed by atoms with Crippen LogP contribution in [0.3, 0.4) is 0 Å². The van der Waals surface area contributed by atoms with E-state index in [1.165, 1.54) is 12.1 Å². The van der Waals surface area contributed by atoms with Crippen molar-refractivity contribution >= 4 is 11.6 Å². The Morgan fingerprint density at radius 1 is 1.47 bits per heavy atom. The molecule has 0 saturated heterocycles. The summed E-state index contributed by atoms with van der Waals surface area (Å²) in [5.74, 6) is 0.648. The molecule has 2 rings (SSSR count). The summed E-state index contributed by atoms with van der Waals surface area (Å²) >= 11 is 6.07. The molecule has 1 unspecified atom stereocenters. The normalized spacial score (nSPS) is 12.6. The van der Waals surface area contributed by atoms with Crippen LogP contribution < -0.4 is 5.32 Å². The molecule has 0 aliphatic rings. The number of hydrogen-bond acceptors (Lipinski definition) is 2. The van der Waals surface area contributed by atoms with Gasteiger partial charge in [-0.1, -0.05) is 17.7 Å². The van der Waals surface area contributed by atoms with E-state index in [2.05, 4.69) is 21.8 Å². The highest BCUT2D eigenvalue weighted by molar-refractivity contribution is 6.31. The van der Waals surface area contributed by atoms with Gasteiger partial charge in [0, 0.05) is 24.0 Å². The lowest BCUT2D eigenvalue weighted by molar-refractivity contribution is 0.523. The molecule has 0 saturated carbocycles. The fraction of sp³-hybridized carbons (Fsp3) is 0.357. The first-order valence-electron chi connectivity index (χ1n) is 6.28. The molecule has 0 radical (unpaired) electrons. The molecule has 5 heteroatoms. The van der Waals surface area contributed by atoms with Gasteiger partial charge in [0.1, 0.15) is 11.6 Å². The Bertz CT molecular complexity index is 553. The van der Waals surface area contributed by atoms with Gasteiger partial charge in [0.25, 0.3) is 0 Å². The van der Waals surface area contributed by atoms with Gasteiger partial charge >= 0.3 is 0 Å². The van der Waals surface area contributed by atoms with Crippen molar-refractivity contribution in [2.24, 2.45) is 0 Å². The Morgan fingerprint density at radius 2 is 2.26 bits per heavy atom. The molecule has 0 fully saturated rings. The number of rotatable bonds is 5. The predicted octanol–water partition coefficient (Wildman–Crippen LogP) is 3.20. The lowest BCUT2D eigenvalue weighted by Gasteiger charge is -2.17. The first-order valence-corrected chi connectivity index (χ1v) is 6.65. The highest BCUT2D eigenvalue weighted by Gasteiger charge is 2.16. The molecule has 1 N–H and O–H groups in total. The molecule has 1 atom stereocenters. The Hall–Kier alpha value is -1.39. The molecule has 0 aliphatic carbocycles. The molecule has 0 aliphatic heterocycles. The zero-order valence-electron chi connectivity index (χ0n) is 11.0. The van der Waals surface area contributed by atoms with Crippen molar-refractivity contribution in [3.05, 3.63) is 52.8 Å². The third-order valence-corrected chi connectivity index (χ3v) is 3.54. The molecular weight excluding hydrogens is 265 g/mol. The van der Waals surface area contributed by atoms with Gasteiger partial charge in [0.15, 0.2) is 0 Å². The third kappa shape index (κ3) is 3.14. The largest absolute Gasteiger partial charge is 0.334 e. The molecule has 1 aromatic carbocycles. The van der Waals surface area contributed by atoms with E-state index in [0.29, 0.717) is 11.4 Å². The second kappa shape index (κ2) is 6.17. The fourth-order valence-corrected chi connectivity index (χ4v) is 2.37. The van der Waals surface area contributed by atoms with E-state index in [1.807, 2.05) is 13.2 Å². The monoisotopic (exact) mass is 281 g/mol. The van der Waals surface area contributed by atoms with Crippen LogP contribution in [0.1, 0.15) is 24.4 Å². The first-order chi connectivity index (χ1) is 9.15. The molecule has 2 aromatic rings. The number of halogens is 2.